The SMILES string of the molecule is CCCOc1cccc(/C(O)=C2\C(=O)C(=O)N(c3nc4ccc(F)cc4s3)C2c2ccc(C)o2)c1. The summed E-state index contributed by atoms with van der Waals surface area (Å²) < 4.78 is 25.7. The lowest BCUT2D eigenvalue weighted by atomic mass is 9.99. The fourth-order valence-electron chi connectivity index (χ4n) is 4.00. The van der Waals surface area contributed by atoms with E-state index in [0.717, 1.165) is 17.8 Å². The standard InChI is InChI=1S/C26H21FN2O5S/c1-3-11-33-17-6-4-5-15(12-17)23(30)21-22(19-10-7-14(2)34-19)29(25(32)24(21)31)26-28-18-9-8-16(27)13-20(18)35-26/h4-10,12-13,22,30H,3,11H2,1-2H3/b23-21+. The first-order valence-electron chi connectivity index (χ1n) is 11.0. The first-order chi connectivity index (χ1) is 16.9. The molecule has 0 radical (unpaired) electrons. The first kappa shape index (κ1) is 22.8. The number of hydrogen-bond acceptors (Lipinski definition) is 7. The average Bonchev–Trinajstić information content (AvgIpc) is 3.53. The number of aliphatic hydroxyl groups excluding tert-OH is 1. The molecule has 1 aliphatic rings. The Bertz CT molecular complexity index is 1490. The van der Waals surface area contributed by atoms with Crippen LogP contribution in [0.2, 0.25) is 0 Å². The number of rotatable bonds is 6. The molecule has 1 aliphatic heterocycles. The molecule has 0 spiro atoms. The molecule has 0 saturated carbocycles. The summed E-state index contributed by atoms with van der Waals surface area (Å²) in [5.41, 5.74) is 0.696. The molecule has 35 heavy (non-hydrogen) atoms. The fraction of sp³-hybridized carbons (Fsp3) is 0.192. The molecule has 1 atom stereocenters. The molecule has 178 valence electrons. The van der Waals surface area contributed by atoms with Crippen molar-refractivity contribution in [1.29, 1.82) is 0 Å². The van der Waals surface area contributed by atoms with E-state index in [-0.39, 0.29) is 16.5 Å². The smallest absolute Gasteiger partial charge is 0.302 e. The summed E-state index contributed by atoms with van der Waals surface area (Å²) in [7, 11) is 0. The van der Waals surface area contributed by atoms with Gasteiger partial charge in [-0.3, -0.25) is 14.5 Å². The van der Waals surface area contributed by atoms with Crippen LogP contribution >= 0.6 is 11.3 Å². The van der Waals surface area contributed by atoms with E-state index in [0.29, 0.717) is 39.7 Å². The number of carbonyl (C=O) groups excluding carboxylic acids is 2. The summed E-state index contributed by atoms with van der Waals surface area (Å²) in [5, 5.41) is 11.5. The van der Waals surface area contributed by atoms with E-state index < -0.39 is 23.5 Å². The van der Waals surface area contributed by atoms with Crippen molar-refractivity contribution in [1.82, 2.24) is 4.98 Å². The van der Waals surface area contributed by atoms with Gasteiger partial charge in [0, 0.05) is 5.56 Å². The van der Waals surface area contributed by atoms with Crippen LogP contribution in [-0.2, 0) is 9.59 Å². The second kappa shape index (κ2) is 8.99. The Hall–Kier alpha value is -3.98. The van der Waals surface area contributed by atoms with Gasteiger partial charge in [0.2, 0.25) is 0 Å². The van der Waals surface area contributed by atoms with E-state index >= 15 is 0 Å². The largest absolute Gasteiger partial charge is 0.507 e. The third kappa shape index (κ3) is 4.08. The molecule has 7 nitrogen and oxygen atoms in total. The number of anilines is 1. The maximum absolute atomic E-state index is 13.8. The molecule has 9 heteroatoms. The van der Waals surface area contributed by atoms with E-state index in [1.807, 2.05) is 6.92 Å². The predicted molar refractivity (Wildman–Crippen MR) is 130 cm³/mol. The van der Waals surface area contributed by atoms with Crippen LogP contribution in [0.25, 0.3) is 16.0 Å². The summed E-state index contributed by atoms with van der Waals surface area (Å²) in [6.45, 7) is 4.22. The van der Waals surface area contributed by atoms with Gasteiger partial charge in [0.15, 0.2) is 5.13 Å². The van der Waals surface area contributed by atoms with Gasteiger partial charge in [-0.15, -0.1) is 0 Å². The van der Waals surface area contributed by atoms with Gasteiger partial charge in [-0.05, 0) is 55.8 Å². The summed E-state index contributed by atoms with van der Waals surface area (Å²) in [4.78, 5) is 32.2. The van der Waals surface area contributed by atoms with Crippen molar-refractivity contribution in [3.63, 3.8) is 0 Å². The molecule has 2 aromatic carbocycles. The molecule has 3 heterocycles. The zero-order valence-corrected chi connectivity index (χ0v) is 19.8. The zero-order chi connectivity index (χ0) is 24.7. The Balaban J connectivity index is 1.67. The molecular weight excluding hydrogens is 471 g/mol. The van der Waals surface area contributed by atoms with Crippen molar-refractivity contribution >= 4 is 44.1 Å². The topological polar surface area (TPSA) is 92.9 Å². The molecular formula is C26H21FN2O5S. The van der Waals surface area contributed by atoms with Crippen molar-refractivity contribution in [2.24, 2.45) is 0 Å². The van der Waals surface area contributed by atoms with Crippen LogP contribution in [0.15, 0.2) is 64.6 Å². The third-order valence-electron chi connectivity index (χ3n) is 5.60. The zero-order valence-electron chi connectivity index (χ0n) is 18.9. The van der Waals surface area contributed by atoms with E-state index in [2.05, 4.69) is 4.98 Å². The summed E-state index contributed by atoms with van der Waals surface area (Å²) in [5.74, 6) is -1.10. The van der Waals surface area contributed by atoms with Crippen molar-refractivity contribution < 1.29 is 28.2 Å². The Morgan fingerprint density at radius 2 is 2.03 bits per heavy atom. The third-order valence-corrected chi connectivity index (χ3v) is 6.62. The van der Waals surface area contributed by atoms with Crippen LogP contribution < -0.4 is 9.64 Å². The van der Waals surface area contributed by atoms with Crippen molar-refractivity contribution in [2.45, 2.75) is 26.3 Å². The lowest BCUT2D eigenvalue weighted by Crippen LogP contribution is -2.29. The van der Waals surface area contributed by atoms with Gasteiger partial charge in [-0.1, -0.05) is 30.4 Å². The minimum absolute atomic E-state index is 0.123. The second-order valence-electron chi connectivity index (χ2n) is 8.10. The highest BCUT2D eigenvalue weighted by atomic mass is 32.1. The molecule has 2 aromatic heterocycles. The van der Waals surface area contributed by atoms with Crippen LogP contribution in [0, 0.1) is 12.7 Å². The lowest BCUT2D eigenvalue weighted by molar-refractivity contribution is -0.132. The number of halogens is 1. The quantitative estimate of drug-likeness (QED) is 0.209. The second-order valence-corrected chi connectivity index (χ2v) is 9.11. The number of carbonyl (C=O) groups is 2. The summed E-state index contributed by atoms with van der Waals surface area (Å²) in [6, 6.07) is 13.1. The van der Waals surface area contributed by atoms with E-state index in [1.165, 1.54) is 23.1 Å². The van der Waals surface area contributed by atoms with Crippen LogP contribution in [-0.4, -0.2) is 28.4 Å². The number of fused-ring (bicyclic) bond motifs is 1. The number of thiazole rings is 1. The van der Waals surface area contributed by atoms with Gasteiger partial charge in [-0.2, -0.15) is 0 Å². The summed E-state index contributed by atoms with van der Waals surface area (Å²) in [6.07, 6.45) is 0.811. The molecule has 0 aliphatic carbocycles. The number of Topliss-reactive ketones (excluding diaryl/α,β-unsaturated/α-hetero) is 1. The van der Waals surface area contributed by atoms with E-state index in [1.54, 1.807) is 43.3 Å². The monoisotopic (exact) mass is 492 g/mol. The Kier molecular flexibility index (Phi) is 5.86. The number of hydrogen-bond donors (Lipinski definition) is 1. The number of amides is 1. The van der Waals surface area contributed by atoms with Crippen LogP contribution in [0.3, 0.4) is 0 Å². The molecule has 1 amide bonds. The van der Waals surface area contributed by atoms with Gasteiger partial charge < -0.3 is 14.3 Å². The number of furan rings is 1. The van der Waals surface area contributed by atoms with Crippen molar-refractivity contribution in [2.75, 3.05) is 11.5 Å². The minimum atomic E-state index is -1.05. The first-order valence-corrected chi connectivity index (χ1v) is 11.9. The predicted octanol–water partition coefficient (Wildman–Crippen LogP) is 5.75. The molecule has 5 rings (SSSR count). The molecule has 0 bridgehead atoms. The van der Waals surface area contributed by atoms with Gasteiger partial charge >= 0.3 is 5.91 Å². The number of nitrogens with zero attached hydrogens (tertiary/aromatic N) is 2. The number of aromatic nitrogens is 1. The Morgan fingerprint density at radius 3 is 2.77 bits per heavy atom. The van der Waals surface area contributed by atoms with Crippen molar-refractivity contribution in [3.8, 4) is 5.75 Å². The maximum Gasteiger partial charge on any atom is 0.302 e. The van der Waals surface area contributed by atoms with Gasteiger partial charge in [0.1, 0.15) is 34.9 Å². The lowest BCUT2D eigenvalue weighted by Gasteiger charge is -2.20. The van der Waals surface area contributed by atoms with Crippen LogP contribution in [0.5, 0.6) is 5.75 Å². The number of ether oxygens (including phenoxy) is 1. The number of aliphatic hydroxyl groups is 1. The molecule has 1 N–H and O–H groups in total. The number of aryl methyl sites for hydroxylation is 1. The number of ketones is 1. The van der Waals surface area contributed by atoms with Gasteiger partial charge in [0.25, 0.3) is 5.78 Å². The highest BCUT2D eigenvalue weighted by Gasteiger charge is 2.49. The van der Waals surface area contributed by atoms with Crippen LogP contribution in [0.1, 0.15) is 36.5 Å². The fourth-order valence-corrected chi connectivity index (χ4v) is 5.01. The average molecular weight is 493 g/mol. The molecule has 1 saturated heterocycles. The summed E-state index contributed by atoms with van der Waals surface area (Å²) >= 11 is 1.08. The highest BCUT2D eigenvalue weighted by molar-refractivity contribution is 7.22. The molecule has 4 aromatic rings. The van der Waals surface area contributed by atoms with Crippen LogP contribution in [0.4, 0.5) is 9.52 Å². The minimum Gasteiger partial charge on any atom is -0.507 e. The Morgan fingerprint density at radius 1 is 1.20 bits per heavy atom. The van der Waals surface area contributed by atoms with Crippen molar-refractivity contribution in [3.05, 3.63) is 83.1 Å². The molecule has 1 unspecified atom stereocenters. The van der Waals surface area contributed by atoms with Gasteiger partial charge in [-0.25, -0.2) is 9.37 Å². The van der Waals surface area contributed by atoms with E-state index in [4.69, 9.17) is 9.15 Å². The number of benzene rings is 2. The highest BCUT2D eigenvalue weighted by Crippen LogP contribution is 2.44. The van der Waals surface area contributed by atoms with E-state index in [9.17, 15) is 19.1 Å². The maximum atomic E-state index is 13.8. The van der Waals surface area contributed by atoms with Gasteiger partial charge in [0.05, 0.1) is 22.4 Å². The molecule has 1 fully saturated rings. The normalized spacial score (nSPS) is 17.5. The Labute approximate surface area is 204 Å².